The molecule has 0 aliphatic carbocycles. The lowest BCUT2D eigenvalue weighted by Gasteiger charge is -2.26. The van der Waals surface area contributed by atoms with Gasteiger partial charge in [-0.3, -0.25) is 4.79 Å². The first-order valence-electron chi connectivity index (χ1n) is 6.78. The van der Waals surface area contributed by atoms with E-state index >= 15 is 0 Å². The fraction of sp³-hybridized carbons (Fsp3) is 0.786. The van der Waals surface area contributed by atoms with Gasteiger partial charge in [0.2, 0.25) is 0 Å². The van der Waals surface area contributed by atoms with Crippen molar-refractivity contribution in [2.24, 2.45) is 5.92 Å². The molecular formula is C14H24N2O3. The normalized spacial score (nSPS) is 20.6. The van der Waals surface area contributed by atoms with Gasteiger partial charge in [0.05, 0.1) is 5.71 Å². The first-order valence-corrected chi connectivity index (χ1v) is 6.78. The van der Waals surface area contributed by atoms with E-state index in [1.807, 2.05) is 20.8 Å². The number of rotatable bonds is 2. The Morgan fingerprint density at radius 1 is 1.21 bits per heavy atom. The number of nitrogens with zero attached hydrogens (tertiary/aromatic N) is 1. The molecule has 19 heavy (non-hydrogen) atoms. The summed E-state index contributed by atoms with van der Waals surface area (Å²) in [5.41, 5.74) is -0.389. The molecule has 1 N–H and O–H groups in total. The minimum atomic E-state index is -0.496. The molecule has 108 valence electrons. The van der Waals surface area contributed by atoms with Crippen molar-refractivity contribution in [1.29, 1.82) is 5.41 Å². The number of hydrogen-bond donors (Lipinski definition) is 1. The topological polar surface area (TPSA) is 70.5 Å². The van der Waals surface area contributed by atoms with Gasteiger partial charge in [0, 0.05) is 19.0 Å². The fourth-order valence-corrected chi connectivity index (χ4v) is 2.17. The third-order valence-electron chi connectivity index (χ3n) is 3.12. The summed E-state index contributed by atoms with van der Waals surface area (Å²) < 4.78 is 5.34. The van der Waals surface area contributed by atoms with Crippen LogP contribution in [0.25, 0.3) is 0 Å². The number of ketones is 1. The molecular weight excluding hydrogens is 244 g/mol. The van der Waals surface area contributed by atoms with Gasteiger partial charge in [0.15, 0.2) is 5.78 Å². The smallest absolute Gasteiger partial charge is 0.410 e. The summed E-state index contributed by atoms with van der Waals surface area (Å²) in [4.78, 5) is 25.4. The lowest BCUT2D eigenvalue weighted by molar-refractivity contribution is -0.116. The van der Waals surface area contributed by atoms with E-state index in [2.05, 4.69) is 0 Å². The predicted octanol–water partition coefficient (Wildman–Crippen LogP) is 2.63. The summed E-state index contributed by atoms with van der Waals surface area (Å²) in [5.74, 6) is -0.212. The Kier molecular flexibility index (Phi) is 5.09. The van der Waals surface area contributed by atoms with Gasteiger partial charge in [-0.2, -0.15) is 0 Å². The van der Waals surface area contributed by atoms with Crippen molar-refractivity contribution in [3.63, 3.8) is 0 Å². The molecule has 1 fully saturated rings. The van der Waals surface area contributed by atoms with E-state index in [-0.39, 0.29) is 23.5 Å². The predicted molar refractivity (Wildman–Crippen MR) is 73.6 cm³/mol. The van der Waals surface area contributed by atoms with Gasteiger partial charge in [0.25, 0.3) is 0 Å². The molecule has 0 saturated carbocycles. The maximum Gasteiger partial charge on any atom is 0.410 e. The van der Waals surface area contributed by atoms with Crippen LogP contribution in [0.1, 0.15) is 47.0 Å². The van der Waals surface area contributed by atoms with Gasteiger partial charge in [-0.15, -0.1) is 0 Å². The van der Waals surface area contributed by atoms with Gasteiger partial charge < -0.3 is 15.0 Å². The number of nitrogens with one attached hydrogen (secondary N) is 1. The lowest BCUT2D eigenvalue weighted by Crippen LogP contribution is -2.37. The van der Waals surface area contributed by atoms with Crippen LogP contribution < -0.4 is 0 Å². The summed E-state index contributed by atoms with van der Waals surface area (Å²) in [6, 6.07) is 0. The van der Waals surface area contributed by atoms with E-state index in [0.717, 1.165) is 12.8 Å². The Hall–Kier alpha value is -1.39. The quantitative estimate of drug-likeness (QED) is 0.783. The van der Waals surface area contributed by atoms with Crippen LogP contribution in [0.3, 0.4) is 0 Å². The second-order valence-corrected chi connectivity index (χ2v) is 6.08. The van der Waals surface area contributed by atoms with Crippen molar-refractivity contribution in [2.75, 3.05) is 13.1 Å². The first kappa shape index (κ1) is 15.7. The molecule has 0 spiro atoms. The lowest BCUT2D eigenvalue weighted by atomic mass is 9.93. The molecule has 1 saturated heterocycles. The standard InChI is InChI=1S/C14H24N2O3/c1-10(15)12(17)11-6-5-8-16(9-7-11)13(18)19-14(2,3)4/h11,15H,5-9H2,1-4H3. The highest BCUT2D eigenvalue weighted by Crippen LogP contribution is 2.20. The Morgan fingerprint density at radius 2 is 1.84 bits per heavy atom. The number of likely N-dealkylation sites (tertiary alicyclic amines) is 1. The zero-order valence-electron chi connectivity index (χ0n) is 12.3. The van der Waals surface area contributed by atoms with E-state index in [9.17, 15) is 9.59 Å². The zero-order chi connectivity index (χ0) is 14.6. The Balaban J connectivity index is 2.57. The highest BCUT2D eigenvalue weighted by molar-refractivity contribution is 6.38. The summed E-state index contributed by atoms with van der Waals surface area (Å²) in [6.45, 7) is 8.20. The van der Waals surface area contributed by atoms with Crippen LogP contribution >= 0.6 is 0 Å². The second-order valence-electron chi connectivity index (χ2n) is 6.08. The van der Waals surface area contributed by atoms with Crippen LogP contribution in [0, 0.1) is 11.3 Å². The Morgan fingerprint density at radius 3 is 2.37 bits per heavy atom. The molecule has 0 aromatic carbocycles. The molecule has 1 atom stereocenters. The molecule has 0 radical (unpaired) electrons. The van der Waals surface area contributed by atoms with Crippen molar-refractivity contribution in [3.8, 4) is 0 Å². The Bertz CT molecular complexity index is 371. The third-order valence-corrected chi connectivity index (χ3v) is 3.12. The highest BCUT2D eigenvalue weighted by Gasteiger charge is 2.28. The van der Waals surface area contributed by atoms with Crippen molar-refractivity contribution >= 4 is 17.6 Å². The largest absolute Gasteiger partial charge is 0.444 e. The molecule has 1 unspecified atom stereocenters. The number of carbonyl (C=O) groups excluding carboxylic acids is 2. The summed E-state index contributed by atoms with van der Waals surface area (Å²) >= 11 is 0. The number of hydrogen-bond acceptors (Lipinski definition) is 4. The number of ether oxygens (including phenoxy) is 1. The number of amides is 1. The summed E-state index contributed by atoms with van der Waals surface area (Å²) in [5, 5.41) is 7.41. The maximum absolute atomic E-state index is 12.0. The van der Waals surface area contributed by atoms with Gasteiger partial charge >= 0.3 is 6.09 Å². The molecule has 5 nitrogen and oxygen atoms in total. The monoisotopic (exact) mass is 268 g/mol. The van der Waals surface area contributed by atoms with Crippen LogP contribution in [0.5, 0.6) is 0 Å². The molecule has 5 heteroatoms. The van der Waals surface area contributed by atoms with E-state index in [1.54, 1.807) is 4.90 Å². The number of carbonyl (C=O) groups is 2. The molecule has 1 aliphatic rings. The highest BCUT2D eigenvalue weighted by atomic mass is 16.6. The summed E-state index contributed by atoms with van der Waals surface area (Å²) in [7, 11) is 0. The average Bonchev–Trinajstić information content (AvgIpc) is 2.50. The van der Waals surface area contributed by atoms with Crippen molar-refractivity contribution in [1.82, 2.24) is 4.90 Å². The SMILES string of the molecule is CC(=N)C(=O)C1CCCN(C(=O)OC(C)(C)C)CC1. The summed E-state index contributed by atoms with van der Waals surface area (Å²) in [6.07, 6.45) is 1.83. The second kappa shape index (κ2) is 6.17. The molecule has 1 rings (SSSR count). The van der Waals surface area contributed by atoms with Crippen LogP contribution in [0.15, 0.2) is 0 Å². The van der Waals surface area contributed by atoms with Gasteiger partial charge in [-0.1, -0.05) is 0 Å². The first-order chi connectivity index (χ1) is 8.70. The molecule has 1 heterocycles. The average molecular weight is 268 g/mol. The molecule has 0 bridgehead atoms. The van der Waals surface area contributed by atoms with Crippen molar-refractivity contribution < 1.29 is 14.3 Å². The Labute approximate surface area is 114 Å². The van der Waals surface area contributed by atoms with Gasteiger partial charge in [-0.05, 0) is 47.0 Å². The zero-order valence-corrected chi connectivity index (χ0v) is 12.3. The molecule has 1 aliphatic heterocycles. The van der Waals surface area contributed by atoms with Crippen molar-refractivity contribution in [3.05, 3.63) is 0 Å². The molecule has 1 amide bonds. The minimum Gasteiger partial charge on any atom is -0.444 e. The number of Topliss-reactive ketones (excluding diaryl/α,β-unsaturated/α-hetero) is 1. The van der Waals surface area contributed by atoms with Gasteiger partial charge in [0.1, 0.15) is 5.60 Å². The molecule has 0 aromatic heterocycles. The van der Waals surface area contributed by atoms with E-state index in [4.69, 9.17) is 10.1 Å². The van der Waals surface area contributed by atoms with E-state index in [0.29, 0.717) is 19.5 Å². The van der Waals surface area contributed by atoms with Crippen LogP contribution in [-0.4, -0.2) is 41.2 Å². The van der Waals surface area contributed by atoms with Crippen LogP contribution in [0.2, 0.25) is 0 Å². The molecule has 0 aromatic rings. The van der Waals surface area contributed by atoms with Crippen LogP contribution in [-0.2, 0) is 9.53 Å². The third kappa shape index (κ3) is 5.01. The fourth-order valence-electron chi connectivity index (χ4n) is 2.17. The van der Waals surface area contributed by atoms with Crippen LogP contribution in [0.4, 0.5) is 4.79 Å². The van der Waals surface area contributed by atoms with Crippen molar-refractivity contribution in [2.45, 2.75) is 52.6 Å². The van der Waals surface area contributed by atoms with Gasteiger partial charge in [-0.25, -0.2) is 4.79 Å². The van der Waals surface area contributed by atoms with E-state index < -0.39 is 5.60 Å². The minimum absolute atomic E-state index is 0.0916. The van der Waals surface area contributed by atoms with E-state index in [1.165, 1.54) is 6.92 Å². The maximum atomic E-state index is 12.0.